The molecular formula is C30H24N2O8. The van der Waals surface area contributed by atoms with Crippen molar-refractivity contribution in [2.24, 2.45) is 17.8 Å². The van der Waals surface area contributed by atoms with E-state index in [-0.39, 0.29) is 41.5 Å². The van der Waals surface area contributed by atoms with Crippen LogP contribution in [0.3, 0.4) is 0 Å². The number of ether oxygens (including phenoxy) is 1. The van der Waals surface area contributed by atoms with E-state index in [9.17, 15) is 34.4 Å². The van der Waals surface area contributed by atoms with E-state index in [1.165, 1.54) is 49.6 Å². The molecule has 0 bridgehead atoms. The minimum atomic E-state index is -0.819. The molecule has 2 aromatic carbocycles. The number of Topliss-reactive ketones (excluding diaryl/α,β-unsaturated/α-hetero) is 1. The van der Waals surface area contributed by atoms with Gasteiger partial charge in [-0.1, -0.05) is 23.8 Å². The van der Waals surface area contributed by atoms with Crippen molar-refractivity contribution in [2.45, 2.75) is 25.7 Å². The molecule has 4 atom stereocenters. The number of phenolic OH excluding ortho intramolecular Hbond substituents is 1. The second-order valence-electron chi connectivity index (χ2n) is 10.4. The quantitative estimate of drug-likeness (QED) is 0.202. The van der Waals surface area contributed by atoms with Crippen LogP contribution in [0.25, 0.3) is 0 Å². The number of methoxy groups -OCH3 is 1. The number of hydrogen-bond acceptors (Lipinski definition) is 8. The number of allylic oxidation sites excluding steroid dienone is 6. The van der Waals surface area contributed by atoms with E-state index >= 15 is 0 Å². The maximum atomic E-state index is 13.9. The van der Waals surface area contributed by atoms with Crippen LogP contribution in [0.1, 0.15) is 31.2 Å². The van der Waals surface area contributed by atoms with Gasteiger partial charge < -0.3 is 9.84 Å². The van der Waals surface area contributed by atoms with Crippen LogP contribution in [0.2, 0.25) is 0 Å². The van der Waals surface area contributed by atoms with Gasteiger partial charge in [0, 0.05) is 46.4 Å². The fraction of sp³-hybridized carbons (Fsp3) is 0.267. The van der Waals surface area contributed by atoms with Crippen molar-refractivity contribution in [2.75, 3.05) is 12.0 Å². The molecule has 3 aliphatic carbocycles. The lowest BCUT2D eigenvalue weighted by atomic mass is 9.59. The number of phenols is 1. The van der Waals surface area contributed by atoms with E-state index in [1.54, 1.807) is 13.0 Å². The molecule has 0 saturated carbocycles. The van der Waals surface area contributed by atoms with Crippen molar-refractivity contribution in [3.63, 3.8) is 0 Å². The summed E-state index contributed by atoms with van der Waals surface area (Å²) >= 11 is 0. The summed E-state index contributed by atoms with van der Waals surface area (Å²) in [5.74, 6) is -4.07. The van der Waals surface area contributed by atoms with Gasteiger partial charge >= 0.3 is 0 Å². The van der Waals surface area contributed by atoms with Crippen LogP contribution in [0.5, 0.6) is 11.5 Å². The summed E-state index contributed by atoms with van der Waals surface area (Å²) in [5.41, 5.74) is 2.09. The molecule has 10 heteroatoms. The first-order valence-electron chi connectivity index (χ1n) is 12.8. The molecule has 202 valence electrons. The standard InChI is InChI=1S/C30H24N2O8/c1-14-10-23(34)27-22(28(14)35)13-21-18(25(27)19-7-6-17(33)12-24(19)40-2)8-9-20-26(21)30(37)31(29(20)36)15-4-3-5-16(11-15)32(38)39/h3-8,10-12,20-21,25-26,33H,9,13H2,1-2H3/t20-,21+,25+,26-/m0/s1. The van der Waals surface area contributed by atoms with Crippen LogP contribution in [0.15, 0.2) is 76.9 Å². The molecule has 6 rings (SSSR count). The zero-order chi connectivity index (χ0) is 28.5. The topological polar surface area (TPSA) is 144 Å². The van der Waals surface area contributed by atoms with Crippen LogP contribution >= 0.6 is 0 Å². The number of benzene rings is 2. The molecule has 2 amide bonds. The zero-order valence-corrected chi connectivity index (χ0v) is 21.6. The summed E-state index contributed by atoms with van der Waals surface area (Å²) < 4.78 is 5.55. The van der Waals surface area contributed by atoms with E-state index in [0.717, 1.165) is 10.5 Å². The highest BCUT2D eigenvalue weighted by molar-refractivity contribution is 6.25. The van der Waals surface area contributed by atoms with Gasteiger partial charge in [0.2, 0.25) is 11.8 Å². The molecule has 4 aliphatic rings. The summed E-state index contributed by atoms with van der Waals surface area (Å²) in [6.07, 6.45) is 3.53. The van der Waals surface area contributed by atoms with Crippen LogP contribution in [0.4, 0.5) is 11.4 Å². The first-order chi connectivity index (χ1) is 19.1. The number of nitro benzene ring substituents is 1. The molecule has 1 fully saturated rings. The van der Waals surface area contributed by atoms with Gasteiger partial charge in [0.25, 0.3) is 5.69 Å². The second-order valence-corrected chi connectivity index (χ2v) is 10.4. The molecule has 1 N–H and O–H groups in total. The Kier molecular flexibility index (Phi) is 5.79. The van der Waals surface area contributed by atoms with Crippen LogP contribution in [-0.4, -0.2) is 40.5 Å². The molecule has 0 spiro atoms. The van der Waals surface area contributed by atoms with Gasteiger partial charge in [0.15, 0.2) is 11.6 Å². The number of non-ortho nitro benzene ring substituents is 1. The van der Waals surface area contributed by atoms with Crippen LogP contribution in [0, 0.1) is 27.9 Å². The Morgan fingerprint density at radius 2 is 1.82 bits per heavy atom. The lowest BCUT2D eigenvalue weighted by molar-refractivity contribution is -0.384. The third-order valence-electron chi connectivity index (χ3n) is 8.39. The van der Waals surface area contributed by atoms with Crippen molar-refractivity contribution in [3.05, 3.63) is 92.6 Å². The number of ketones is 2. The number of carbonyl (C=O) groups excluding carboxylic acids is 4. The molecule has 40 heavy (non-hydrogen) atoms. The molecule has 10 nitrogen and oxygen atoms in total. The normalized spacial score (nSPS) is 25.7. The maximum Gasteiger partial charge on any atom is 0.271 e. The number of nitrogens with zero attached hydrogens (tertiary/aromatic N) is 2. The largest absolute Gasteiger partial charge is 0.508 e. The molecule has 0 aromatic heterocycles. The minimum Gasteiger partial charge on any atom is -0.508 e. The summed E-state index contributed by atoms with van der Waals surface area (Å²) in [4.78, 5) is 66.1. The Balaban J connectivity index is 1.49. The van der Waals surface area contributed by atoms with E-state index in [0.29, 0.717) is 28.0 Å². The van der Waals surface area contributed by atoms with Crippen molar-refractivity contribution >= 4 is 34.8 Å². The Bertz CT molecular complexity index is 1650. The highest BCUT2D eigenvalue weighted by Gasteiger charge is 2.57. The molecule has 0 unspecified atom stereocenters. The first-order valence-corrected chi connectivity index (χ1v) is 12.8. The van der Waals surface area contributed by atoms with E-state index < -0.39 is 40.4 Å². The predicted molar refractivity (Wildman–Crippen MR) is 142 cm³/mol. The third-order valence-corrected chi connectivity index (χ3v) is 8.39. The summed E-state index contributed by atoms with van der Waals surface area (Å²) in [6, 6.07) is 9.93. The van der Waals surface area contributed by atoms with Gasteiger partial charge in [-0.15, -0.1) is 0 Å². The fourth-order valence-corrected chi connectivity index (χ4v) is 6.68. The van der Waals surface area contributed by atoms with Crippen molar-refractivity contribution in [1.29, 1.82) is 0 Å². The Morgan fingerprint density at radius 3 is 2.55 bits per heavy atom. The Morgan fingerprint density at radius 1 is 1.05 bits per heavy atom. The SMILES string of the molecule is COc1cc(O)ccc1[C@H]1C2=CC[C@@H]3C(=O)N(c4cccc([N+](=O)[O-])c4)C(=O)[C@@H]3[C@@H]2CC2=C1C(=O)C=C(C)C2=O. The van der Waals surface area contributed by atoms with Crippen molar-refractivity contribution in [3.8, 4) is 11.5 Å². The van der Waals surface area contributed by atoms with Gasteiger partial charge in [-0.3, -0.25) is 29.3 Å². The number of amides is 2. The number of fused-ring (bicyclic) bond motifs is 3. The van der Waals surface area contributed by atoms with Crippen molar-refractivity contribution in [1.82, 2.24) is 0 Å². The van der Waals surface area contributed by atoms with E-state index in [2.05, 4.69) is 0 Å². The number of carbonyl (C=O) groups is 4. The fourth-order valence-electron chi connectivity index (χ4n) is 6.68. The number of anilines is 1. The number of hydrogen-bond donors (Lipinski definition) is 1. The van der Waals surface area contributed by atoms with Gasteiger partial charge in [-0.25, -0.2) is 4.90 Å². The molecule has 2 aromatic rings. The highest BCUT2D eigenvalue weighted by atomic mass is 16.6. The Labute approximate surface area is 228 Å². The van der Waals surface area contributed by atoms with E-state index in [4.69, 9.17) is 4.74 Å². The first kappa shape index (κ1) is 25.4. The molecule has 1 saturated heterocycles. The summed E-state index contributed by atoms with van der Waals surface area (Å²) in [7, 11) is 1.44. The summed E-state index contributed by atoms with van der Waals surface area (Å²) in [6.45, 7) is 1.57. The lowest BCUT2D eigenvalue weighted by Crippen LogP contribution is -2.39. The maximum absolute atomic E-state index is 13.9. The number of nitro groups is 1. The lowest BCUT2D eigenvalue weighted by Gasteiger charge is -2.42. The molecular weight excluding hydrogens is 516 g/mol. The number of rotatable bonds is 4. The van der Waals surface area contributed by atoms with Gasteiger partial charge in [0.05, 0.1) is 29.6 Å². The highest BCUT2D eigenvalue weighted by Crippen LogP contribution is 2.56. The third kappa shape index (κ3) is 3.63. The van der Waals surface area contributed by atoms with Gasteiger partial charge in [0.1, 0.15) is 11.5 Å². The van der Waals surface area contributed by atoms with Gasteiger partial charge in [-0.05, 0) is 43.9 Å². The monoisotopic (exact) mass is 540 g/mol. The molecule has 0 radical (unpaired) electrons. The van der Waals surface area contributed by atoms with Gasteiger partial charge in [-0.2, -0.15) is 0 Å². The molecule has 1 aliphatic heterocycles. The zero-order valence-electron chi connectivity index (χ0n) is 21.6. The Hall–Kier alpha value is -4.86. The van der Waals surface area contributed by atoms with Crippen LogP contribution < -0.4 is 9.64 Å². The second kappa shape index (κ2) is 9.11. The predicted octanol–water partition coefficient (Wildman–Crippen LogP) is 3.94. The average Bonchev–Trinajstić information content (AvgIpc) is 3.20. The summed E-state index contributed by atoms with van der Waals surface area (Å²) in [5, 5.41) is 21.4. The molecule has 1 heterocycles. The van der Waals surface area contributed by atoms with Crippen molar-refractivity contribution < 1.29 is 33.9 Å². The average molecular weight is 541 g/mol. The smallest absolute Gasteiger partial charge is 0.271 e. The van der Waals surface area contributed by atoms with E-state index in [1.807, 2.05) is 6.08 Å². The number of imide groups is 1. The van der Waals surface area contributed by atoms with Crippen LogP contribution in [-0.2, 0) is 19.2 Å². The minimum absolute atomic E-state index is 0.0363. The number of aromatic hydroxyl groups is 1.